The van der Waals surface area contributed by atoms with E-state index in [2.05, 4.69) is 19.8 Å². The number of rotatable bonds is 1. The van der Waals surface area contributed by atoms with Crippen LogP contribution < -0.4 is 0 Å². The molecule has 1 unspecified atom stereocenters. The van der Waals surface area contributed by atoms with Crippen LogP contribution in [0.25, 0.3) is 0 Å². The van der Waals surface area contributed by atoms with Crippen LogP contribution in [0, 0.1) is 5.82 Å². The molecule has 1 aromatic heterocycles. The highest BCUT2D eigenvalue weighted by molar-refractivity contribution is 6.33. The maximum Gasteiger partial charge on any atom is 0.197 e. The zero-order chi connectivity index (χ0) is 13.3. The van der Waals surface area contributed by atoms with Gasteiger partial charge in [-0.3, -0.25) is 4.90 Å². The zero-order valence-corrected chi connectivity index (χ0v) is 11.8. The molecule has 7 heteroatoms. The Balaban J connectivity index is 2.33. The normalized spacial score (nSPS) is 23.1. The second kappa shape index (κ2) is 5.65. The van der Waals surface area contributed by atoms with Crippen LogP contribution in [0.5, 0.6) is 0 Å². The van der Waals surface area contributed by atoms with Crippen LogP contribution in [0.15, 0.2) is 0 Å². The highest BCUT2D eigenvalue weighted by Gasteiger charge is 2.26. The lowest BCUT2D eigenvalue weighted by Crippen LogP contribution is -2.32. The van der Waals surface area contributed by atoms with Gasteiger partial charge >= 0.3 is 0 Å². The molecule has 0 aromatic carbocycles. The van der Waals surface area contributed by atoms with Crippen LogP contribution in [0.4, 0.5) is 4.39 Å². The summed E-state index contributed by atoms with van der Waals surface area (Å²) in [5.74, 6) is -0.283. The maximum atomic E-state index is 13.3. The molecule has 1 aliphatic rings. The Labute approximate surface area is 116 Å². The molecule has 1 atom stereocenters. The Kier molecular flexibility index (Phi) is 4.37. The lowest BCUT2D eigenvalue weighted by Gasteiger charge is -2.26. The fourth-order valence-electron chi connectivity index (χ4n) is 2.11. The van der Waals surface area contributed by atoms with Crippen molar-refractivity contribution in [3.8, 4) is 0 Å². The first kappa shape index (κ1) is 13.9. The Morgan fingerprint density at radius 1 is 1.17 bits per heavy atom. The Morgan fingerprint density at radius 3 is 2.39 bits per heavy atom. The average Bonchev–Trinajstić information content (AvgIpc) is 2.47. The van der Waals surface area contributed by atoms with Gasteiger partial charge in [0.05, 0.1) is 6.04 Å². The molecule has 0 N–H and O–H groups in total. The number of likely N-dealkylation sites (N-methyl/N-ethyl adjacent to an activating group) is 2. The van der Waals surface area contributed by atoms with Crippen LogP contribution >= 0.6 is 23.2 Å². The summed E-state index contributed by atoms with van der Waals surface area (Å²) >= 11 is 11.4. The van der Waals surface area contributed by atoms with Gasteiger partial charge in [0.25, 0.3) is 0 Å². The Bertz CT molecular complexity index is 420. The van der Waals surface area contributed by atoms with Crippen molar-refractivity contribution in [2.24, 2.45) is 0 Å². The molecule has 4 nitrogen and oxygen atoms in total. The molecule has 100 valence electrons. The fraction of sp³-hybridized carbons (Fsp3) is 0.636. The van der Waals surface area contributed by atoms with Crippen molar-refractivity contribution >= 4 is 23.2 Å². The molecular weight excluding hydrogens is 278 g/mol. The van der Waals surface area contributed by atoms with Crippen molar-refractivity contribution in [3.05, 3.63) is 21.9 Å². The molecular formula is C11H15Cl2FN4. The van der Waals surface area contributed by atoms with E-state index in [-0.39, 0.29) is 16.3 Å². The molecule has 2 rings (SSSR count). The number of aromatic nitrogens is 2. The number of hydrogen-bond donors (Lipinski definition) is 0. The summed E-state index contributed by atoms with van der Waals surface area (Å²) in [6.45, 7) is 2.73. The summed E-state index contributed by atoms with van der Waals surface area (Å²) in [5.41, 5.74) is 0. The first-order chi connectivity index (χ1) is 8.49. The predicted octanol–water partition coefficient (Wildman–Crippen LogP) is 2.23. The van der Waals surface area contributed by atoms with Gasteiger partial charge in [0.1, 0.15) is 5.82 Å². The quantitative estimate of drug-likeness (QED) is 0.743. The molecule has 0 radical (unpaired) electrons. The minimum Gasteiger partial charge on any atom is -0.304 e. The van der Waals surface area contributed by atoms with Gasteiger partial charge in [-0.15, -0.1) is 0 Å². The van der Waals surface area contributed by atoms with Gasteiger partial charge in [0.15, 0.2) is 16.1 Å². The van der Waals surface area contributed by atoms with E-state index < -0.39 is 5.82 Å². The minimum atomic E-state index is -0.758. The highest BCUT2D eigenvalue weighted by Crippen LogP contribution is 2.25. The van der Waals surface area contributed by atoms with Gasteiger partial charge < -0.3 is 4.90 Å². The van der Waals surface area contributed by atoms with E-state index >= 15 is 0 Å². The van der Waals surface area contributed by atoms with E-state index in [9.17, 15) is 4.39 Å². The molecule has 2 heterocycles. The number of hydrogen-bond acceptors (Lipinski definition) is 4. The topological polar surface area (TPSA) is 32.3 Å². The molecule has 1 aliphatic heterocycles. The summed E-state index contributed by atoms with van der Waals surface area (Å²) < 4.78 is 13.3. The lowest BCUT2D eigenvalue weighted by molar-refractivity contribution is 0.219. The third-order valence-electron chi connectivity index (χ3n) is 3.15. The predicted molar refractivity (Wildman–Crippen MR) is 69.5 cm³/mol. The smallest absolute Gasteiger partial charge is 0.197 e. The molecule has 18 heavy (non-hydrogen) atoms. The van der Waals surface area contributed by atoms with Crippen molar-refractivity contribution in [2.75, 3.05) is 33.7 Å². The van der Waals surface area contributed by atoms with E-state index in [0.717, 1.165) is 26.1 Å². The highest BCUT2D eigenvalue weighted by atomic mass is 35.5. The van der Waals surface area contributed by atoms with E-state index in [4.69, 9.17) is 23.2 Å². The zero-order valence-electron chi connectivity index (χ0n) is 10.3. The molecule has 0 bridgehead atoms. The molecule has 0 amide bonds. The summed E-state index contributed by atoms with van der Waals surface area (Å²) in [6.07, 6.45) is 1.08. The van der Waals surface area contributed by atoms with Crippen molar-refractivity contribution in [1.82, 2.24) is 19.8 Å². The monoisotopic (exact) mass is 292 g/mol. The van der Waals surface area contributed by atoms with Crippen LogP contribution in [0.2, 0.25) is 10.3 Å². The summed E-state index contributed by atoms with van der Waals surface area (Å²) in [5, 5.41) is -0.435. The van der Waals surface area contributed by atoms with Gasteiger partial charge in [0.2, 0.25) is 0 Å². The third kappa shape index (κ3) is 2.91. The van der Waals surface area contributed by atoms with Crippen LogP contribution in [-0.2, 0) is 0 Å². The largest absolute Gasteiger partial charge is 0.304 e. The first-order valence-electron chi connectivity index (χ1n) is 5.76. The van der Waals surface area contributed by atoms with Crippen LogP contribution in [-0.4, -0.2) is 53.5 Å². The Hall–Kier alpha value is -0.490. The summed E-state index contributed by atoms with van der Waals surface area (Å²) in [7, 11) is 4.04. The van der Waals surface area contributed by atoms with Crippen molar-refractivity contribution < 1.29 is 4.39 Å². The molecule has 1 saturated heterocycles. The van der Waals surface area contributed by atoms with Gasteiger partial charge in [-0.25, -0.2) is 14.4 Å². The number of halogens is 3. The molecule has 0 saturated carbocycles. The van der Waals surface area contributed by atoms with E-state index in [1.807, 2.05) is 14.1 Å². The van der Waals surface area contributed by atoms with Crippen LogP contribution in [0.3, 0.4) is 0 Å². The molecule has 0 aliphatic carbocycles. The van der Waals surface area contributed by atoms with Crippen molar-refractivity contribution in [1.29, 1.82) is 0 Å². The first-order valence-corrected chi connectivity index (χ1v) is 6.52. The van der Waals surface area contributed by atoms with E-state index in [1.54, 1.807) is 0 Å². The second-order valence-electron chi connectivity index (χ2n) is 4.59. The van der Waals surface area contributed by atoms with Crippen molar-refractivity contribution in [2.45, 2.75) is 12.5 Å². The van der Waals surface area contributed by atoms with E-state index in [0.29, 0.717) is 5.82 Å². The summed E-state index contributed by atoms with van der Waals surface area (Å²) in [4.78, 5) is 12.4. The van der Waals surface area contributed by atoms with E-state index in [1.165, 1.54) is 0 Å². The summed E-state index contributed by atoms with van der Waals surface area (Å²) in [6, 6.07) is -0.0203. The number of nitrogens with zero attached hydrogens (tertiary/aromatic N) is 4. The van der Waals surface area contributed by atoms with Crippen molar-refractivity contribution in [3.63, 3.8) is 0 Å². The second-order valence-corrected chi connectivity index (χ2v) is 5.31. The van der Waals surface area contributed by atoms with Gasteiger partial charge in [0, 0.05) is 6.54 Å². The Morgan fingerprint density at radius 2 is 1.78 bits per heavy atom. The maximum absolute atomic E-state index is 13.3. The van der Waals surface area contributed by atoms with Crippen LogP contribution in [0.1, 0.15) is 18.3 Å². The molecule has 1 aromatic rings. The van der Waals surface area contributed by atoms with Gasteiger partial charge in [-0.1, -0.05) is 23.2 Å². The molecule has 1 fully saturated rings. The standard InChI is InChI=1S/C11H15Cl2FN4/c1-17-4-3-5-18(2)7(6-17)11-15-9(12)8(14)10(13)16-11/h7H,3-6H2,1-2H3. The third-order valence-corrected chi connectivity index (χ3v) is 3.65. The van der Waals surface area contributed by atoms with Gasteiger partial charge in [-0.2, -0.15) is 0 Å². The van der Waals surface area contributed by atoms with Gasteiger partial charge in [-0.05, 0) is 33.6 Å². The SMILES string of the molecule is CN1CCCN(C)C(c2nc(Cl)c(F)c(Cl)n2)C1. The average molecular weight is 293 g/mol. The minimum absolute atomic E-state index is 0.0203. The molecule has 0 spiro atoms. The fourth-order valence-corrected chi connectivity index (χ4v) is 2.51. The lowest BCUT2D eigenvalue weighted by atomic mass is 10.2.